The van der Waals surface area contributed by atoms with Crippen LogP contribution in [0.15, 0.2) is 54.6 Å². The van der Waals surface area contributed by atoms with Crippen LogP contribution < -0.4 is 9.47 Å². The van der Waals surface area contributed by atoms with Crippen LogP contribution in [0.3, 0.4) is 0 Å². The van der Waals surface area contributed by atoms with Crippen LogP contribution in [0.2, 0.25) is 5.02 Å². The highest BCUT2D eigenvalue weighted by atomic mass is 35.5. The van der Waals surface area contributed by atoms with E-state index in [1.165, 1.54) is 16.3 Å². The maximum Gasteiger partial charge on any atom is 0.231 e. The van der Waals surface area contributed by atoms with Gasteiger partial charge in [-0.2, -0.15) is 0 Å². The van der Waals surface area contributed by atoms with E-state index in [4.69, 9.17) is 21.1 Å². The molecule has 0 spiro atoms. The number of ether oxygens (including phenoxy) is 2. The lowest BCUT2D eigenvalue weighted by atomic mass is 10.1. The number of hydrogen-bond acceptors (Lipinski definition) is 4. The Morgan fingerprint density at radius 1 is 0.867 bits per heavy atom. The van der Waals surface area contributed by atoms with E-state index in [0.29, 0.717) is 36.0 Å². The zero-order valence-electron chi connectivity index (χ0n) is 16.6. The van der Waals surface area contributed by atoms with E-state index in [0.717, 1.165) is 25.2 Å². The molecular weight excluding hydrogens is 400 g/mol. The van der Waals surface area contributed by atoms with Crippen molar-refractivity contribution in [1.82, 2.24) is 9.80 Å². The van der Waals surface area contributed by atoms with Gasteiger partial charge in [0.15, 0.2) is 11.5 Å². The Balaban J connectivity index is 1.26. The van der Waals surface area contributed by atoms with Crippen LogP contribution in [0.1, 0.15) is 17.5 Å². The predicted molar refractivity (Wildman–Crippen MR) is 117 cm³/mol. The second-order valence-corrected chi connectivity index (χ2v) is 8.23. The first-order valence-electron chi connectivity index (χ1n) is 10.2. The average molecular weight is 423 g/mol. The SMILES string of the molecule is O=C1CCN(Cc2ccc3ccccc3c2)CCN1Cc1cc2c(cc1Cl)OCO2. The molecule has 6 heteroatoms. The fraction of sp³-hybridized carbons (Fsp3) is 0.292. The highest BCUT2D eigenvalue weighted by Gasteiger charge is 2.23. The summed E-state index contributed by atoms with van der Waals surface area (Å²) in [4.78, 5) is 17.0. The maximum absolute atomic E-state index is 12.7. The second-order valence-electron chi connectivity index (χ2n) is 7.82. The molecule has 0 N–H and O–H groups in total. The van der Waals surface area contributed by atoms with E-state index in [1.807, 2.05) is 11.0 Å². The van der Waals surface area contributed by atoms with Crippen LogP contribution in [0, 0.1) is 0 Å². The van der Waals surface area contributed by atoms with Crippen molar-refractivity contribution in [3.63, 3.8) is 0 Å². The lowest BCUT2D eigenvalue weighted by Crippen LogP contribution is -2.32. The molecule has 1 saturated heterocycles. The van der Waals surface area contributed by atoms with Gasteiger partial charge in [-0.3, -0.25) is 9.69 Å². The number of carbonyl (C=O) groups is 1. The smallest absolute Gasteiger partial charge is 0.231 e. The summed E-state index contributed by atoms with van der Waals surface area (Å²) in [6, 6.07) is 18.6. The normalized spacial score (nSPS) is 16.8. The van der Waals surface area contributed by atoms with Crippen molar-refractivity contribution in [3.8, 4) is 11.5 Å². The Morgan fingerprint density at radius 2 is 1.67 bits per heavy atom. The number of fused-ring (bicyclic) bond motifs is 2. The summed E-state index contributed by atoms with van der Waals surface area (Å²) in [5.74, 6) is 1.51. The number of nitrogens with zero attached hydrogens (tertiary/aromatic N) is 2. The lowest BCUT2D eigenvalue weighted by molar-refractivity contribution is -0.130. The molecule has 2 heterocycles. The van der Waals surface area contributed by atoms with Crippen LogP contribution in [-0.2, 0) is 17.9 Å². The van der Waals surface area contributed by atoms with E-state index in [2.05, 4.69) is 47.4 Å². The van der Waals surface area contributed by atoms with Gasteiger partial charge in [0.25, 0.3) is 0 Å². The molecular formula is C24H23ClN2O3. The third-order valence-electron chi connectivity index (χ3n) is 5.80. The van der Waals surface area contributed by atoms with Gasteiger partial charge in [-0.25, -0.2) is 0 Å². The van der Waals surface area contributed by atoms with Gasteiger partial charge >= 0.3 is 0 Å². The Bertz CT molecular complexity index is 1100. The van der Waals surface area contributed by atoms with Gasteiger partial charge in [-0.1, -0.05) is 48.0 Å². The lowest BCUT2D eigenvalue weighted by Gasteiger charge is -2.23. The van der Waals surface area contributed by atoms with E-state index in [-0.39, 0.29) is 12.7 Å². The van der Waals surface area contributed by atoms with Gasteiger partial charge < -0.3 is 14.4 Å². The van der Waals surface area contributed by atoms with Gasteiger partial charge in [0, 0.05) is 50.2 Å². The van der Waals surface area contributed by atoms with Crippen LogP contribution in [0.4, 0.5) is 0 Å². The molecule has 5 rings (SSSR count). The summed E-state index contributed by atoms with van der Waals surface area (Å²) >= 11 is 6.42. The van der Waals surface area contributed by atoms with Crippen molar-refractivity contribution in [2.75, 3.05) is 26.4 Å². The van der Waals surface area contributed by atoms with E-state index in [1.54, 1.807) is 6.07 Å². The Kier molecular flexibility index (Phi) is 5.23. The highest BCUT2D eigenvalue weighted by Crippen LogP contribution is 2.37. The minimum absolute atomic E-state index is 0.157. The molecule has 0 saturated carbocycles. The Morgan fingerprint density at radius 3 is 2.53 bits per heavy atom. The molecule has 0 atom stereocenters. The van der Waals surface area contributed by atoms with Crippen LogP contribution >= 0.6 is 11.6 Å². The van der Waals surface area contributed by atoms with E-state index < -0.39 is 0 Å². The van der Waals surface area contributed by atoms with Gasteiger partial charge in [-0.05, 0) is 34.0 Å². The van der Waals surface area contributed by atoms with Gasteiger partial charge in [-0.15, -0.1) is 0 Å². The summed E-state index contributed by atoms with van der Waals surface area (Å²) in [6.07, 6.45) is 0.510. The van der Waals surface area contributed by atoms with Crippen molar-refractivity contribution in [2.45, 2.75) is 19.5 Å². The van der Waals surface area contributed by atoms with E-state index >= 15 is 0 Å². The van der Waals surface area contributed by atoms with E-state index in [9.17, 15) is 4.79 Å². The fourth-order valence-electron chi connectivity index (χ4n) is 4.12. The molecule has 2 aliphatic heterocycles. The highest BCUT2D eigenvalue weighted by molar-refractivity contribution is 6.31. The quantitative estimate of drug-likeness (QED) is 0.622. The molecule has 1 fully saturated rings. The molecule has 30 heavy (non-hydrogen) atoms. The first-order valence-corrected chi connectivity index (χ1v) is 10.6. The number of hydrogen-bond donors (Lipinski definition) is 0. The van der Waals surface area contributed by atoms with Crippen molar-refractivity contribution < 1.29 is 14.3 Å². The Labute approximate surface area is 180 Å². The molecule has 0 radical (unpaired) electrons. The number of rotatable bonds is 4. The zero-order valence-corrected chi connectivity index (χ0v) is 17.4. The molecule has 1 amide bonds. The minimum atomic E-state index is 0.157. The predicted octanol–water partition coefficient (Wildman–Crippen LogP) is 4.46. The molecule has 154 valence electrons. The van der Waals surface area contributed by atoms with Gasteiger partial charge in [0.05, 0.1) is 0 Å². The zero-order chi connectivity index (χ0) is 20.5. The molecule has 5 nitrogen and oxygen atoms in total. The van der Waals surface area contributed by atoms with Crippen molar-refractivity contribution >= 4 is 28.3 Å². The second kappa shape index (κ2) is 8.17. The third-order valence-corrected chi connectivity index (χ3v) is 6.16. The number of carbonyl (C=O) groups excluding carboxylic acids is 1. The first-order chi connectivity index (χ1) is 14.7. The van der Waals surface area contributed by atoms with Gasteiger partial charge in [0.1, 0.15) is 0 Å². The van der Waals surface area contributed by atoms with Crippen molar-refractivity contribution in [1.29, 1.82) is 0 Å². The van der Waals surface area contributed by atoms with Crippen molar-refractivity contribution in [3.05, 3.63) is 70.7 Å². The monoisotopic (exact) mass is 422 g/mol. The molecule has 0 unspecified atom stereocenters. The average Bonchev–Trinajstić information content (AvgIpc) is 3.13. The molecule has 2 aliphatic rings. The molecule has 0 aliphatic carbocycles. The minimum Gasteiger partial charge on any atom is -0.454 e. The largest absolute Gasteiger partial charge is 0.454 e. The summed E-state index contributed by atoms with van der Waals surface area (Å²) in [6.45, 7) is 3.81. The molecule has 3 aromatic carbocycles. The van der Waals surface area contributed by atoms with Crippen LogP contribution in [0.5, 0.6) is 11.5 Å². The topological polar surface area (TPSA) is 42.0 Å². The molecule has 0 bridgehead atoms. The van der Waals surface area contributed by atoms with Crippen molar-refractivity contribution in [2.24, 2.45) is 0 Å². The third kappa shape index (κ3) is 3.95. The fourth-order valence-corrected chi connectivity index (χ4v) is 4.33. The maximum atomic E-state index is 12.7. The summed E-state index contributed by atoms with van der Waals surface area (Å²) in [5.41, 5.74) is 2.16. The Hall–Kier alpha value is -2.76. The standard InChI is InChI=1S/C24H23ClN2O3/c25-21-13-23-22(29-16-30-23)12-20(21)15-27-10-9-26(8-7-24(27)28)14-17-5-6-18-3-1-2-4-19(18)11-17/h1-6,11-13H,7-10,14-16H2. The summed E-state index contributed by atoms with van der Waals surface area (Å²) < 4.78 is 10.8. The number of amides is 1. The number of halogens is 1. The van der Waals surface area contributed by atoms with Crippen LogP contribution in [-0.4, -0.2) is 42.1 Å². The summed E-state index contributed by atoms with van der Waals surface area (Å²) in [5, 5.41) is 3.10. The first kappa shape index (κ1) is 19.2. The molecule has 3 aromatic rings. The van der Waals surface area contributed by atoms with Gasteiger partial charge in [0.2, 0.25) is 12.7 Å². The summed E-state index contributed by atoms with van der Waals surface area (Å²) in [7, 11) is 0. The van der Waals surface area contributed by atoms with Crippen LogP contribution in [0.25, 0.3) is 10.8 Å². The molecule has 0 aromatic heterocycles. The number of benzene rings is 3.